The van der Waals surface area contributed by atoms with Crippen molar-refractivity contribution >= 4 is 17.6 Å². The summed E-state index contributed by atoms with van der Waals surface area (Å²) >= 11 is 0. The minimum atomic E-state index is -0.475. The first-order valence-corrected chi connectivity index (χ1v) is 13.4. The highest BCUT2D eigenvalue weighted by atomic mass is 16.5. The number of ether oxygens (including phenoxy) is 2. The van der Waals surface area contributed by atoms with Crippen LogP contribution >= 0.6 is 0 Å². The van der Waals surface area contributed by atoms with Gasteiger partial charge in [-0.2, -0.15) is 0 Å². The van der Waals surface area contributed by atoms with Crippen LogP contribution in [-0.2, 0) is 27.2 Å². The molecular weight excluding hydrogens is 464 g/mol. The number of hydrogen-bond donors (Lipinski definition) is 1. The molecule has 2 aromatic rings. The molecule has 1 saturated carbocycles. The first-order valence-electron chi connectivity index (χ1n) is 13.4. The molecule has 2 fully saturated rings. The summed E-state index contributed by atoms with van der Waals surface area (Å²) in [7, 11) is 0. The number of anilines is 1. The second-order valence-electron chi connectivity index (χ2n) is 11.1. The predicted octanol–water partition coefficient (Wildman–Crippen LogP) is 5.42. The molecule has 1 aliphatic heterocycles. The molecule has 0 bridgehead atoms. The van der Waals surface area contributed by atoms with Crippen LogP contribution in [0.4, 0.5) is 5.69 Å². The summed E-state index contributed by atoms with van der Waals surface area (Å²) < 4.78 is 11.4. The second kappa shape index (κ2) is 11.5. The van der Waals surface area contributed by atoms with Gasteiger partial charge in [0.2, 0.25) is 5.91 Å². The van der Waals surface area contributed by atoms with Gasteiger partial charge in [-0.05, 0) is 82.3 Å². The van der Waals surface area contributed by atoms with Crippen molar-refractivity contribution in [1.82, 2.24) is 4.90 Å². The maximum absolute atomic E-state index is 12.7. The summed E-state index contributed by atoms with van der Waals surface area (Å²) in [6, 6.07) is 16.4. The Morgan fingerprint density at radius 3 is 2.57 bits per heavy atom. The number of carbonyl (C=O) groups excluding carboxylic acids is 2. The Kier molecular flexibility index (Phi) is 8.38. The van der Waals surface area contributed by atoms with Gasteiger partial charge < -0.3 is 14.8 Å². The van der Waals surface area contributed by atoms with Gasteiger partial charge in [0.15, 0.2) is 0 Å². The number of fused-ring (bicyclic) bond motifs is 1. The minimum Gasteiger partial charge on any atom is -0.492 e. The van der Waals surface area contributed by atoms with Gasteiger partial charge in [0.05, 0.1) is 18.4 Å². The number of cyclic esters (lactones) is 1. The Morgan fingerprint density at radius 1 is 1.14 bits per heavy atom. The Bertz CT molecular complexity index is 1120. The number of carbonyl (C=O) groups is 2. The third-order valence-electron chi connectivity index (χ3n) is 7.67. The van der Waals surface area contributed by atoms with Crippen LogP contribution < -0.4 is 10.1 Å². The van der Waals surface area contributed by atoms with E-state index in [2.05, 4.69) is 44.5 Å². The molecule has 198 valence electrons. The van der Waals surface area contributed by atoms with Gasteiger partial charge in [0, 0.05) is 30.2 Å². The van der Waals surface area contributed by atoms with E-state index in [4.69, 9.17) is 9.47 Å². The van der Waals surface area contributed by atoms with Crippen molar-refractivity contribution in [3.63, 3.8) is 0 Å². The monoisotopic (exact) mass is 504 g/mol. The van der Waals surface area contributed by atoms with Gasteiger partial charge in [0.1, 0.15) is 12.4 Å². The first kappa shape index (κ1) is 26.9. The molecule has 6 heteroatoms. The van der Waals surface area contributed by atoms with Crippen molar-refractivity contribution in [3.05, 3.63) is 71.8 Å². The molecule has 0 aromatic heterocycles. The fraction of sp³-hybridized carbons (Fsp3) is 0.484. The molecule has 1 amide bonds. The average Bonchev–Trinajstić information content (AvgIpc) is 3.31. The van der Waals surface area contributed by atoms with Crippen LogP contribution in [0.25, 0.3) is 0 Å². The molecule has 0 radical (unpaired) electrons. The Labute approximate surface area is 221 Å². The summed E-state index contributed by atoms with van der Waals surface area (Å²) in [5, 5.41) is 2.98. The summed E-state index contributed by atoms with van der Waals surface area (Å²) in [5.41, 5.74) is 3.37. The number of nitrogens with zero attached hydrogens (tertiary/aromatic N) is 1. The number of amides is 1. The molecule has 2 unspecified atom stereocenters. The molecule has 1 heterocycles. The molecule has 0 spiro atoms. The Balaban J connectivity index is 1.29. The van der Waals surface area contributed by atoms with Crippen LogP contribution in [0.5, 0.6) is 5.75 Å². The lowest BCUT2D eigenvalue weighted by Crippen LogP contribution is -2.39. The number of esters is 1. The molecule has 4 rings (SSSR count). The topological polar surface area (TPSA) is 67.9 Å². The third kappa shape index (κ3) is 6.42. The predicted molar refractivity (Wildman–Crippen MR) is 147 cm³/mol. The first-order chi connectivity index (χ1) is 17.7. The SMILES string of the molecule is C=C1CC2COC(=O)C2(Cc2ccc(NC(=O)Cc3cccc(OCCN(C(C)C)C(C)C)c3)cc2)C1. The molecular formula is C31H40N2O4. The van der Waals surface area contributed by atoms with Crippen molar-refractivity contribution in [3.8, 4) is 5.75 Å². The molecule has 1 aliphatic carbocycles. The normalized spacial score (nSPS) is 21.0. The van der Waals surface area contributed by atoms with E-state index in [0.29, 0.717) is 38.1 Å². The highest BCUT2D eigenvalue weighted by Gasteiger charge is 2.55. The van der Waals surface area contributed by atoms with E-state index in [1.54, 1.807) is 0 Å². The van der Waals surface area contributed by atoms with Crippen molar-refractivity contribution in [2.24, 2.45) is 11.3 Å². The van der Waals surface area contributed by atoms with Crippen LogP contribution in [0, 0.1) is 11.3 Å². The molecule has 6 nitrogen and oxygen atoms in total. The Hall–Kier alpha value is -3.12. The largest absolute Gasteiger partial charge is 0.492 e. The summed E-state index contributed by atoms with van der Waals surface area (Å²) in [6.07, 6.45) is 2.47. The van der Waals surface area contributed by atoms with Crippen LogP contribution in [0.15, 0.2) is 60.7 Å². The fourth-order valence-electron chi connectivity index (χ4n) is 5.85. The second-order valence-corrected chi connectivity index (χ2v) is 11.1. The number of hydrogen-bond acceptors (Lipinski definition) is 5. The smallest absolute Gasteiger partial charge is 0.313 e. The zero-order valence-corrected chi connectivity index (χ0v) is 22.6. The number of benzene rings is 2. The molecule has 1 saturated heterocycles. The van der Waals surface area contributed by atoms with Gasteiger partial charge in [-0.3, -0.25) is 14.5 Å². The lowest BCUT2D eigenvalue weighted by atomic mass is 9.75. The van der Waals surface area contributed by atoms with Crippen molar-refractivity contribution in [2.75, 3.05) is 25.1 Å². The van der Waals surface area contributed by atoms with Gasteiger partial charge in [-0.15, -0.1) is 0 Å². The number of rotatable bonds is 11. The highest BCUT2D eigenvalue weighted by molar-refractivity contribution is 5.92. The molecule has 2 aromatic carbocycles. The van der Waals surface area contributed by atoms with Gasteiger partial charge in [0.25, 0.3) is 0 Å². The summed E-state index contributed by atoms with van der Waals surface area (Å²) in [4.78, 5) is 27.6. The summed E-state index contributed by atoms with van der Waals surface area (Å²) in [6.45, 7) is 14.8. The van der Waals surface area contributed by atoms with E-state index >= 15 is 0 Å². The quantitative estimate of drug-likeness (QED) is 0.327. The van der Waals surface area contributed by atoms with E-state index in [1.807, 2.05) is 48.5 Å². The standard InChI is InChI=1S/C31H40N2O4/c1-21(2)33(22(3)4)13-14-36-28-8-6-7-25(16-28)17-29(34)32-27-11-9-24(10-12-27)19-31-18-23(5)15-26(31)20-37-30(31)35/h6-12,16,21-22,26H,5,13-15,17-20H2,1-4H3,(H,32,34). The van der Waals surface area contributed by atoms with E-state index < -0.39 is 5.41 Å². The molecule has 1 N–H and O–H groups in total. The zero-order valence-electron chi connectivity index (χ0n) is 22.6. The minimum absolute atomic E-state index is 0.0826. The van der Waals surface area contributed by atoms with E-state index in [1.165, 1.54) is 0 Å². The van der Waals surface area contributed by atoms with Crippen LogP contribution in [-0.4, -0.2) is 48.6 Å². The number of allylic oxidation sites excluding steroid dienone is 1. The molecule has 37 heavy (non-hydrogen) atoms. The highest BCUT2D eigenvalue weighted by Crippen LogP contribution is 2.52. The van der Waals surface area contributed by atoms with Crippen LogP contribution in [0.2, 0.25) is 0 Å². The lowest BCUT2D eigenvalue weighted by Gasteiger charge is -2.30. The lowest BCUT2D eigenvalue weighted by molar-refractivity contribution is -0.146. The molecule has 2 aliphatic rings. The van der Waals surface area contributed by atoms with Gasteiger partial charge in [-0.25, -0.2) is 0 Å². The van der Waals surface area contributed by atoms with Crippen LogP contribution in [0.1, 0.15) is 51.7 Å². The van der Waals surface area contributed by atoms with E-state index in [-0.39, 0.29) is 24.2 Å². The van der Waals surface area contributed by atoms with Crippen molar-refractivity contribution < 1.29 is 19.1 Å². The van der Waals surface area contributed by atoms with Gasteiger partial charge in [-0.1, -0.05) is 36.4 Å². The Morgan fingerprint density at radius 2 is 1.86 bits per heavy atom. The maximum Gasteiger partial charge on any atom is 0.313 e. The average molecular weight is 505 g/mol. The zero-order chi connectivity index (χ0) is 26.6. The summed E-state index contributed by atoms with van der Waals surface area (Å²) in [5.74, 6) is 0.813. The van der Waals surface area contributed by atoms with Crippen molar-refractivity contribution in [2.45, 2.75) is 65.5 Å². The van der Waals surface area contributed by atoms with E-state index in [0.717, 1.165) is 41.1 Å². The maximum atomic E-state index is 12.7. The third-order valence-corrected chi connectivity index (χ3v) is 7.67. The fourth-order valence-corrected chi connectivity index (χ4v) is 5.85. The van der Waals surface area contributed by atoms with Crippen molar-refractivity contribution in [1.29, 1.82) is 0 Å². The molecule has 2 atom stereocenters. The van der Waals surface area contributed by atoms with E-state index in [9.17, 15) is 9.59 Å². The van der Waals surface area contributed by atoms with Gasteiger partial charge >= 0.3 is 5.97 Å². The van der Waals surface area contributed by atoms with Crippen LogP contribution in [0.3, 0.4) is 0 Å². The number of nitrogens with one attached hydrogen (secondary N) is 1.